The standard InChI is InChI=1S/C25H26N2O3/c1-4-27(20-10-6-5-7-11-20)25(29)21-12-8-9-13-22(21)26-24(28)17-30-23-15-14-18(2)16-19(23)3/h5-16H,4,17H2,1-3H3,(H,26,28). The Morgan fingerprint density at radius 1 is 0.933 bits per heavy atom. The van der Waals surface area contributed by atoms with E-state index in [1.807, 2.05) is 69.3 Å². The van der Waals surface area contributed by atoms with E-state index in [1.54, 1.807) is 29.2 Å². The van der Waals surface area contributed by atoms with Gasteiger partial charge in [0.1, 0.15) is 5.75 Å². The van der Waals surface area contributed by atoms with Crippen LogP contribution in [0.3, 0.4) is 0 Å². The first-order chi connectivity index (χ1) is 14.5. The minimum Gasteiger partial charge on any atom is -0.483 e. The molecule has 0 saturated heterocycles. The van der Waals surface area contributed by atoms with E-state index < -0.39 is 0 Å². The summed E-state index contributed by atoms with van der Waals surface area (Å²) in [5.74, 6) is 0.175. The molecule has 3 rings (SSSR count). The number of anilines is 2. The molecule has 0 aliphatic carbocycles. The van der Waals surface area contributed by atoms with E-state index in [-0.39, 0.29) is 18.4 Å². The first kappa shape index (κ1) is 21.1. The summed E-state index contributed by atoms with van der Waals surface area (Å²) >= 11 is 0. The Labute approximate surface area is 177 Å². The summed E-state index contributed by atoms with van der Waals surface area (Å²) < 4.78 is 5.66. The van der Waals surface area contributed by atoms with Crippen molar-refractivity contribution >= 4 is 23.2 Å². The summed E-state index contributed by atoms with van der Waals surface area (Å²) in [6, 6.07) is 22.3. The zero-order valence-corrected chi connectivity index (χ0v) is 17.5. The Morgan fingerprint density at radius 3 is 2.33 bits per heavy atom. The molecule has 5 heteroatoms. The highest BCUT2D eigenvalue weighted by Crippen LogP contribution is 2.22. The van der Waals surface area contributed by atoms with Crippen molar-refractivity contribution in [1.82, 2.24) is 0 Å². The van der Waals surface area contributed by atoms with Gasteiger partial charge in [0.25, 0.3) is 11.8 Å². The smallest absolute Gasteiger partial charge is 0.262 e. The van der Waals surface area contributed by atoms with E-state index in [0.29, 0.717) is 23.5 Å². The van der Waals surface area contributed by atoms with Crippen molar-refractivity contribution in [1.29, 1.82) is 0 Å². The lowest BCUT2D eigenvalue weighted by Gasteiger charge is -2.22. The van der Waals surface area contributed by atoms with Gasteiger partial charge in [-0.1, -0.05) is 48.0 Å². The number of amides is 2. The zero-order valence-electron chi connectivity index (χ0n) is 17.5. The van der Waals surface area contributed by atoms with Crippen molar-refractivity contribution in [3.8, 4) is 5.75 Å². The maximum Gasteiger partial charge on any atom is 0.262 e. The van der Waals surface area contributed by atoms with E-state index in [4.69, 9.17) is 4.74 Å². The summed E-state index contributed by atoms with van der Waals surface area (Å²) in [6.07, 6.45) is 0. The Morgan fingerprint density at radius 2 is 1.63 bits per heavy atom. The summed E-state index contributed by atoms with van der Waals surface area (Å²) in [7, 11) is 0. The minimum absolute atomic E-state index is 0.136. The molecule has 154 valence electrons. The number of rotatable bonds is 7. The number of nitrogens with zero attached hydrogens (tertiary/aromatic N) is 1. The van der Waals surface area contributed by atoms with Crippen molar-refractivity contribution in [3.05, 3.63) is 89.5 Å². The van der Waals surface area contributed by atoms with E-state index in [2.05, 4.69) is 5.32 Å². The Hall–Kier alpha value is -3.60. The van der Waals surface area contributed by atoms with Crippen molar-refractivity contribution in [2.24, 2.45) is 0 Å². The maximum absolute atomic E-state index is 13.2. The fraction of sp³-hybridized carbons (Fsp3) is 0.200. The Bertz CT molecular complexity index is 1030. The van der Waals surface area contributed by atoms with Crippen LogP contribution in [0.1, 0.15) is 28.4 Å². The summed E-state index contributed by atoms with van der Waals surface area (Å²) in [4.78, 5) is 27.3. The van der Waals surface area contributed by atoms with Gasteiger partial charge >= 0.3 is 0 Å². The SMILES string of the molecule is CCN(C(=O)c1ccccc1NC(=O)COc1ccc(C)cc1C)c1ccccc1. The lowest BCUT2D eigenvalue weighted by molar-refractivity contribution is -0.118. The number of ether oxygens (including phenoxy) is 1. The summed E-state index contributed by atoms with van der Waals surface area (Å²) in [6.45, 7) is 6.25. The number of benzene rings is 3. The molecule has 0 unspecified atom stereocenters. The first-order valence-corrected chi connectivity index (χ1v) is 9.95. The van der Waals surface area contributed by atoms with Gasteiger partial charge < -0.3 is 15.0 Å². The Kier molecular flexibility index (Phi) is 6.86. The van der Waals surface area contributed by atoms with Crippen LogP contribution >= 0.6 is 0 Å². The summed E-state index contributed by atoms with van der Waals surface area (Å²) in [5.41, 5.74) is 3.81. The van der Waals surface area contributed by atoms with Gasteiger partial charge in [-0.2, -0.15) is 0 Å². The third kappa shape index (κ3) is 5.06. The fourth-order valence-electron chi connectivity index (χ4n) is 3.27. The number of carbonyl (C=O) groups excluding carboxylic acids is 2. The maximum atomic E-state index is 13.2. The molecule has 0 aromatic heterocycles. The van der Waals surface area contributed by atoms with Crippen LogP contribution in [0.5, 0.6) is 5.75 Å². The molecule has 0 aliphatic rings. The lowest BCUT2D eigenvalue weighted by Crippen LogP contribution is -2.32. The van der Waals surface area contributed by atoms with Gasteiger partial charge in [0.05, 0.1) is 11.3 Å². The van der Waals surface area contributed by atoms with Crippen LogP contribution in [0.15, 0.2) is 72.8 Å². The second-order valence-electron chi connectivity index (χ2n) is 7.04. The van der Waals surface area contributed by atoms with Gasteiger partial charge in [0, 0.05) is 12.2 Å². The second-order valence-corrected chi connectivity index (χ2v) is 7.04. The number of hydrogen-bond donors (Lipinski definition) is 1. The largest absolute Gasteiger partial charge is 0.483 e. The monoisotopic (exact) mass is 402 g/mol. The van der Waals surface area contributed by atoms with Crippen molar-refractivity contribution in [2.75, 3.05) is 23.4 Å². The number of carbonyl (C=O) groups is 2. The van der Waals surface area contributed by atoms with Crippen LogP contribution in [-0.4, -0.2) is 25.0 Å². The van der Waals surface area contributed by atoms with Crippen LogP contribution in [0.25, 0.3) is 0 Å². The van der Waals surface area contributed by atoms with Crippen LogP contribution in [0.4, 0.5) is 11.4 Å². The van der Waals surface area contributed by atoms with Gasteiger partial charge in [-0.25, -0.2) is 0 Å². The molecule has 5 nitrogen and oxygen atoms in total. The molecular formula is C25H26N2O3. The van der Waals surface area contributed by atoms with Crippen LogP contribution in [0, 0.1) is 13.8 Å². The van der Waals surface area contributed by atoms with E-state index in [1.165, 1.54) is 0 Å². The van der Waals surface area contributed by atoms with Crippen molar-refractivity contribution in [3.63, 3.8) is 0 Å². The molecule has 0 fully saturated rings. The van der Waals surface area contributed by atoms with E-state index in [0.717, 1.165) is 16.8 Å². The molecule has 2 amide bonds. The third-order valence-corrected chi connectivity index (χ3v) is 4.75. The highest BCUT2D eigenvalue weighted by Gasteiger charge is 2.20. The fourth-order valence-corrected chi connectivity index (χ4v) is 3.27. The minimum atomic E-state index is -0.321. The van der Waals surface area contributed by atoms with Crippen LogP contribution in [0.2, 0.25) is 0 Å². The predicted octanol–water partition coefficient (Wildman–Crippen LogP) is 4.99. The average molecular weight is 402 g/mol. The van der Waals surface area contributed by atoms with Gasteiger partial charge in [0.2, 0.25) is 0 Å². The summed E-state index contributed by atoms with van der Waals surface area (Å²) in [5, 5.41) is 2.81. The topological polar surface area (TPSA) is 58.6 Å². The van der Waals surface area contributed by atoms with Crippen LogP contribution in [-0.2, 0) is 4.79 Å². The molecule has 0 bridgehead atoms. The molecule has 0 atom stereocenters. The van der Waals surface area contributed by atoms with Gasteiger partial charge in [0.15, 0.2) is 6.61 Å². The normalized spacial score (nSPS) is 10.4. The number of hydrogen-bond acceptors (Lipinski definition) is 3. The van der Waals surface area contributed by atoms with E-state index in [9.17, 15) is 9.59 Å². The molecule has 3 aromatic rings. The molecule has 0 spiro atoms. The number of aryl methyl sites for hydroxylation is 2. The molecule has 0 saturated carbocycles. The number of para-hydroxylation sites is 2. The molecule has 0 aliphatic heterocycles. The van der Waals surface area contributed by atoms with Gasteiger partial charge in [-0.05, 0) is 56.7 Å². The molecule has 1 N–H and O–H groups in total. The second kappa shape index (κ2) is 9.74. The highest BCUT2D eigenvalue weighted by molar-refractivity contribution is 6.11. The third-order valence-electron chi connectivity index (χ3n) is 4.75. The number of nitrogens with one attached hydrogen (secondary N) is 1. The predicted molar refractivity (Wildman–Crippen MR) is 120 cm³/mol. The molecule has 0 heterocycles. The molecule has 3 aromatic carbocycles. The van der Waals surface area contributed by atoms with Crippen LogP contribution < -0.4 is 15.0 Å². The van der Waals surface area contributed by atoms with E-state index >= 15 is 0 Å². The van der Waals surface area contributed by atoms with Gasteiger partial charge in [-0.15, -0.1) is 0 Å². The average Bonchev–Trinajstić information content (AvgIpc) is 2.75. The molecule has 0 radical (unpaired) electrons. The van der Waals surface area contributed by atoms with Crippen molar-refractivity contribution in [2.45, 2.75) is 20.8 Å². The highest BCUT2D eigenvalue weighted by atomic mass is 16.5. The zero-order chi connectivity index (χ0) is 21.5. The van der Waals surface area contributed by atoms with Crippen molar-refractivity contribution < 1.29 is 14.3 Å². The van der Waals surface area contributed by atoms with Gasteiger partial charge in [-0.3, -0.25) is 9.59 Å². The lowest BCUT2D eigenvalue weighted by atomic mass is 10.1. The Balaban J connectivity index is 1.73. The molecule has 30 heavy (non-hydrogen) atoms. The first-order valence-electron chi connectivity index (χ1n) is 9.95. The molecular weight excluding hydrogens is 376 g/mol. The quantitative estimate of drug-likeness (QED) is 0.606.